The molecule has 1 heterocycles. The third-order valence-electron chi connectivity index (χ3n) is 3.77. The van der Waals surface area contributed by atoms with E-state index in [-0.39, 0.29) is 24.9 Å². The number of nitrogens with one attached hydrogen (secondary N) is 2. The van der Waals surface area contributed by atoms with Gasteiger partial charge in [-0.05, 0) is 43.0 Å². The SMILES string of the molecule is CCN(Cc1cccs1)C(=O)NCCC(=O)Nc1cccc(Cl)c1C. The fraction of sp³-hybridized carbons (Fsp3) is 0.333. The van der Waals surface area contributed by atoms with Crippen LogP contribution in [0.4, 0.5) is 10.5 Å². The van der Waals surface area contributed by atoms with E-state index in [0.717, 1.165) is 10.4 Å². The van der Waals surface area contributed by atoms with Crippen molar-refractivity contribution in [1.29, 1.82) is 0 Å². The number of carbonyl (C=O) groups excluding carboxylic acids is 2. The van der Waals surface area contributed by atoms with Crippen LogP contribution in [0.15, 0.2) is 35.7 Å². The number of anilines is 1. The summed E-state index contributed by atoms with van der Waals surface area (Å²) in [5.74, 6) is -0.160. The Kier molecular flexibility index (Phi) is 7.28. The molecule has 0 unspecified atom stereocenters. The molecule has 0 radical (unpaired) electrons. The number of benzene rings is 1. The molecule has 2 N–H and O–H groups in total. The zero-order valence-electron chi connectivity index (χ0n) is 14.3. The lowest BCUT2D eigenvalue weighted by atomic mass is 10.2. The lowest BCUT2D eigenvalue weighted by Gasteiger charge is -2.20. The summed E-state index contributed by atoms with van der Waals surface area (Å²) in [6, 6.07) is 9.17. The van der Waals surface area contributed by atoms with Crippen molar-refractivity contribution in [3.05, 3.63) is 51.2 Å². The molecule has 0 bridgehead atoms. The van der Waals surface area contributed by atoms with E-state index >= 15 is 0 Å². The lowest BCUT2D eigenvalue weighted by molar-refractivity contribution is -0.116. The van der Waals surface area contributed by atoms with Crippen LogP contribution in [-0.4, -0.2) is 29.9 Å². The molecule has 7 heteroatoms. The van der Waals surface area contributed by atoms with Crippen LogP contribution in [-0.2, 0) is 11.3 Å². The fourth-order valence-electron chi connectivity index (χ4n) is 2.27. The molecule has 5 nitrogen and oxygen atoms in total. The third kappa shape index (κ3) is 5.76. The number of hydrogen-bond acceptors (Lipinski definition) is 3. The minimum atomic E-state index is -0.164. The summed E-state index contributed by atoms with van der Waals surface area (Å²) in [6.07, 6.45) is 0.203. The van der Waals surface area contributed by atoms with Gasteiger partial charge in [0.25, 0.3) is 0 Å². The first-order chi connectivity index (χ1) is 12.0. The molecular formula is C18H22ClN3O2S. The van der Waals surface area contributed by atoms with Gasteiger partial charge in [0.1, 0.15) is 0 Å². The Balaban J connectivity index is 1.77. The van der Waals surface area contributed by atoms with E-state index in [2.05, 4.69) is 10.6 Å². The van der Waals surface area contributed by atoms with Gasteiger partial charge in [-0.1, -0.05) is 23.7 Å². The van der Waals surface area contributed by atoms with Gasteiger partial charge in [0.15, 0.2) is 0 Å². The molecule has 0 aliphatic rings. The average Bonchev–Trinajstić information content (AvgIpc) is 3.10. The second kappa shape index (κ2) is 9.44. The number of thiophene rings is 1. The van der Waals surface area contributed by atoms with Gasteiger partial charge >= 0.3 is 6.03 Å². The van der Waals surface area contributed by atoms with Crippen LogP contribution in [0.5, 0.6) is 0 Å². The van der Waals surface area contributed by atoms with Crippen molar-refractivity contribution in [2.75, 3.05) is 18.4 Å². The van der Waals surface area contributed by atoms with Gasteiger partial charge in [-0.15, -0.1) is 11.3 Å². The van der Waals surface area contributed by atoms with Crippen LogP contribution in [0.25, 0.3) is 0 Å². The van der Waals surface area contributed by atoms with Crippen LogP contribution in [0.2, 0.25) is 5.02 Å². The van der Waals surface area contributed by atoms with Crippen LogP contribution in [0.1, 0.15) is 23.8 Å². The van der Waals surface area contributed by atoms with Crippen molar-refractivity contribution in [2.24, 2.45) is 0 Å². The second-order valence-electron chi connectivity index (χ2n) is 5.54. The van der Waals surface area contributed by atoms with Gasteiger partial charge < -0.3 is 15.5 Å². The number of nitrogens with zero attached hydrogens (tertiary/aromatic N) is 1. The summed E-state index contributed by atoms with van der Waals surface area (Å²) in [5, 5.41) is 8.21. The smallest absolute Gasteiger partial charge is 0.317 e. The van der Waals surface area contributed by atoms with E-state index in [0.29, 0.717) is 23.8 Å². The predicted molar refractivity (Wildman–Crippen MR) is 103 cm³/mol. The number of hydrogen-bond donors (Lipinski definition) is 2. The molecule has 134 valence electrons. The maximum absolute atomic E-state index is 12.2. The zero-order valence-corrected chi connectivity index (χ0v) is 15.9. The number of halogens is 1. The number of amides is 3. The first-order valence-corrected chi connectivity index (χ1v) is 9.37. The summed E-state index contributed by atoms with van der Waals surface area (Å²) < 4.78 is 0. The maximum Gasteiger partial charge on any atom is 0.317 e. The number of carbonyl (C=O) groups is 2. The Morgan fingerprint density at radius 3 is 2.72 bits per heavy atom. The topological polar surface area (TPSA) is 61.4 Å². The Labute approximate surface area is 157 Å². The molecule has 0 spiro atoms. The molecule has 0 fully saturated rings. The maximum atomic E-state index is 12.2. The summed E-state index contributed by atoms with van der Waals surface area (Å²) in [7, 11) is 0. The van der Waals surface area contributed by atoms with Crippen LogP contribution in [0, 0.1) is 6.92 Å². The average molecular weight is 380 g/mol. The van der Waals surface area contributed by atoms with E-state index in [1.54, 1.807) is 34.4 Å². The highest BCUT2D eigenvalue weighted by molar-refractivity contribution is 7.09. The Hall–Kier alpha value is -2.05. The Morgan fingerprint density at radius 2 is 2.04 bits per heavy atom. The quantitative estimate of drug-likeness (QED) is 0.754. The Bertz CT molecular complexity index is 719. The monoisotopic (exact) mass is 379 g/mol. The molecular weight excluding hydrogens is 358 g/mol. The second-order valence-corrected chi connectivity index (χ2v) is 6.98. The summed E-state index contributed by atoms with van der Waals surface area (Å²) in [4.78, 5) is 27.1. The van der Waals surface area contributed by atoms with E-state index in [4.69, 9.17) is 11.6 Å². The summed E-state index contributed by atoms with van der Waals surface area (Å²) in [5.41, 5.74) is 1.52. The van der Waals surface area contributed by atoms with E-state index in [1.165, 1.54) is 0 Å². The molecule has 3 amide bonds. The molecule has 0 aliphatic heterocycles. The first-order valence-electron chi connectivity index (χ1n) is 8.11. The van der Waals surface area contributed by atoms with E-state index in [1.807, 2.05) is 31.4 Å². The normalized spacial score (nSPS) is 10.4. The van der Waals surface area contributed by atoms with Crippen LogP contribution in [0.3, 0.4) is 0 Å². The van der Waals surface area contributed by atoms with Crippen molar-refractivity contribution in [3.63, 3.8) is 0 Å². The largest absolute Gasteiger partial charge is 0.337 e. The van der Waals surface area contributed by atoms with E-state index in [9.17, 15) is 9.59 Å². The molecule has 2 aromatic rings. The number of urea groups is 1. The van der Waals surface area contributed by atoms with Crippen LogP contribution >= 0.6 is 22.9 Å². The van der Waals surface area contributed by atoms with Crippen molar-refractivity contribution in [1.82, 2.24) is 10.2 Å². The zero-order chi connectivity index (χ0) is 18.2. The van der Waals surface area contributed by atoms with Gasteiger partial charge in [-0.3, -0.25) is 4.79 Å². The molecule has 2 rings (SSSR count). The molecule has 1 aromatic heterocycles. The summed E-state index contributed by atoms with van der Waals surface area (Å²) >= 11 is 7.66. The van der Waals surface area contributed by atoms with Crippen LogP contribution < -0.4 is 10.6 Å². The molecule has 25 heavy (non-hydrogen) atoms. The highest BCUT2D eigenvalue weighted by Gasteiger charge is 2.13. The highest BCUT2D eigenvalue weighted by Crippen LogP contribution is 2.22. The van der Waals surface area contributed by atoms with Gasteiger partial charge in [0.05, 0.1) is 6.54 Å². The minimum absolute atomic E-state index is 0.160. The summed E-state index contributed by atoms with van der Waals surface area (Å²) in [6.45, 7) is 5.25. The van der Waals surface area contributed by atoms with Crippen molar-refractivity contribution >= 4 is 40.6 Å². The standard InChI is InChI=1S/C18H22ClN3O2S/c1-3-22(12-14-6-5-11-25-14)18(24)20-10-9-17(23)21-16-8-4-7-15(19)13(16)2/h4-8,11H,3,9-10,12H2,1-2H3,(H,20,24)(H,21,23). The minimum Gasteiger partial charge on any atom is -0.337 e. The van der Waals surface area contributed by atoms with Crippen molar-refractivity contribution in [2.45, 2.75) is 26.8 Å². The van der Waals surface area contributed by atoms with Crippen molar-refractivity contribution in [3.8, 4) is 0 Å². The first kappa shape index (κ1) is 19.3. The van der Waals surface area contributed by atoms with Gasteiger partial charge in [-0.2, -0.15) is 0 Å². The predicted octanol–water partition coefficient (Wildman–Crippen LogP) is 4.27. The highest BCUT2D eigenvalue weighted by atomic mass is 35.5. The Morgan fingerprint density at radius 1 is 1.24 bits per heavy atom. The molecule has 0 aliphatic carbocycles. The fourth-order valence-corrected chi connectivity index (χ4v) is 3.16. The molecule has 0 atom stereocenters. The molecule has 1 aromatic carbocycles. The van der Waals surface area contributed by atoms with E-state index < -0.39 is 0 Å². The third-order valence-corrected chi connectivity index (χ3v) is 5.04. The molecule has 0 saturated heterocycles. The number of rotatable bonds is 7. The van der Waals surface area contributed by atoms with Crippen molar-refractivity contribution < 1.29 is 9.59 Å². The molecule has 0 saturated carbocycles. The van der Waals surface area contributed by atoms with Gasteiger partial charge in [0.2, 0.25) is 5.91 Å². The van der Waals surface area contributed by atoms with Gasteiger partial charge in [-0.25, -0.2) is 4.79 Å². The lowest BCUT2D eigenvalue weighted by Crippen LogP contribution is -2.40. The van der Waals surface area contributed by atoms with Gasteiger partial charge in [0, 0.05) is 35.1 Å².